The number of amides is 2. The van der Waals surface area contributed by atoms with Gasteiger partial charge in [-0.3, -0.25) is 24.1 Å². The fourth-order valence-corrected chi connectivity index (χ4v) is 7.61. The molecule has 8 nitrogen and oxygen atoms in total. The molecule has 0 spiro atoms. The average molecular weight is 624 g/mol. The Bertz CT molecular complexity index is 1900. The van der Waals surface area contributed by atoms with E-state index in [1.54, 1.807) is 12.1 Å². The van der Waals surface area contributed by atoms with E-state index in [-0.39, 0.29) is 57.0 Å². The average Bonchev–Trinajstić information content (AvgIpc) is 3.24. The minimum atomic E-state index is -1.18. The lowest BCUT2D eigenvalue weighted by Gasteiger charge is -2.42. The number of carbonyl (C=O) groups is 5. The first-order valence-electron chi connectivity index (χ1n) is 13.5. The molecule has 1 heterocycles. The van der Waals surface area contributed by atoms with Crippen LogP contribution in [-0.2, 0) is 19.2 Å². The number of halogens is 1. The molecule has 42 heavy (non-hydrogen) atoms. The van der Waals surface area contributed by atoms with E-state index in [2.05, 4.69) is 15.9 Å². The molecule has 0 unspecified atom stereocenters. The minimum Gasteiger partial charge on any atom is -0.508 e. The minimum absolute atomic E-state index is 0.0379. The van der Waals surface area contributed by atoms with Gasteiger partial charge in [0.25, 0.3) is 0 Å². The largest absolute Gasteiger partial charge is 0.508 e. The Labute approximate surface area is 247 Å². The van der Waals surface area contributed by atoms with E-state index in [0.29, 0.717) is 10.9 Å². The van der Waals surface area contributed by atoms with Gasteiger partial charge >= 0.3 is 5.97 Å². The highest BCUT2D eigenvalue weighted by atomic mass is 79.9. The molecule has 3 aromatic rings. The SMILES string of the molecule is O=C1C=C(Br)C(=O)C2=C1[C@@H](c1c(O)ccc3ccccc13)C1=CC[C@@H]3C(=O)N(c4cccc(C(=O)O)c4)C(=O)[C@@H]3[C@@H]1C2. The molecule has 1 aliphatic heterocycles. The molecule has 4 atom stereocenters. The number of carboxylic acid groups (broad SMARTS) is 1. The van der Waals surface area contributed by atoms with Crippen molar-refractivity contribution in [2.45, 2.75) is 18.8 Å². The van der Waals surface area contributed by atoms with Crippen LogP contribution in [0, 0.1) is 17.8 Å². The quantitative estimate of drug-likeness (QED) is 0.233. The highest BCUT2D eigenvalue weighted by Gasteiger charge is 2.57. The van der Waals surface area contributed by atoms with Crippen LogP contribution >= 0.6 is 15.9 Å². The number of Topliss-reactive ketones (excluding diaryl/α,β-unsaturated/α-hetero) is 1. The molecule has 7 rings (SSSR count). The zero-order valence-electron chi connectivity index (χ0n) is 21.9. The molecule has 4 aliphatic rings. The summed E-state index contributed by atoms with van der Waals surface area (Å²) >= 11 is 3.23. The lowest BCUT2D eigenvalue weighted by atomic mass is 9.59. The number of fused-ring (bicyclic) bond motifs is 4. The second-order valence-electron chi connectivity index (χ2n) is 11.0. The molecule has 0 aromatic heterocycles. The lowest BCUT2D eigenvalue weighted by molar-refractivity contribution is -0.123. The van der Waals surface area contributed by atoms with Gasteiger partial charge in [0.2, 0.25) is 11.8 Å². The predicted octanol–water partition coefficient (Wildman–Crippen LogP) is 5.21. The van der Waals surface area contributed by atoms with E-state index in [1.807, 2.05) is 30.3 Å². The van der Waals surface area contributed by atoms with E-state index in [1.165, 1.54) is 30.3 Å². The molecule has 1 fully saturated rings. The normalized spacial score (nSPS) is 25.2. The molecule has 0 radical (unpaired) electrons. The number of ketones is 2. The van der Waals surface area contributed by atoms with Gasteiger partial charge < -0.3 is 10.2 Å². The van der Waals surface area contributed by atoms with E-state index < -0.39 is 41.5 Å². The summed E-state index contributed by atoms with van der Waals surface area (Å²) in [5.74, 6) is -5.77. The fourth-order valence-electron chi connectivity index (χ4n) is 7.16. The van der Waals surface area contributed by atoms with Crippen LogP contribution in [0.15, 0.2) is 94.0 Å². The van der Waals surface area contributed by atoms with Crippen molar-refractivity contribution in [3.8, 4) is 5.75 Å². The van der Waals surface area contributed by atoms with Gasteiger partial charge in [0, 0.05) is 28.7 Å². The van der Waals surface area contributed by atoms with Crippen LogP contribution in [-0.4, -0.2) is 39.6 Å². The number of phenols is 1. The number of carbonyl (C=O) groups excluding carboxylic acids is 4. The van der Waals surface area contributed by atoms with Crippen molar-refractivity contribution in [3.63, 3.8) is 0 Å². The maximum Gasteiger partial charge on any atom is 0.335 e. The van der Waals surface area contributed by atoms with Crippen molar-refractivity contribution in [3.05, 3.63) is 105 Å². The molecule has 2 amide bonds. The zero-order valence-corrected chi connectivity index (χ0v) is 23.5. The number of nitrogens with zero attached hydrogens (tertiary/aromatic N) is 1. The van der Waals surface area contributed by atoms with E-state index >= 15 is 0 Å². The molecule has 3 aliphatic carbocycles. The standard InChI is InChI=1S/C33H22BrNO7/c34-23-14-25(37)28-22(30(23)38)13-21-19(29(28)27-18-7-2-1-4-15(18)8-11-24(27)36)9-10-20-26(21)32(40)35(31(20)39)17-6-3-5-16(12-17)33(41)42/h1-9,11-12,14,20-21,26,29,36H,10,13H2,(H,41,42)/t20-,21+,26-,29+/m0/s1. The summed E-state index contributed by atoms with van der Waals surface area (Å²) in [6.07, 6.45) is 3.45. The number of hydrogen-bond donors (Lipinski definition) is 2. The summed E-state index contributed by atoms with van der Waals surface area (Å²) in [5, 5.41) is 22.3. The molecule has 1 saturated heterocycles. The number of anilines is 1. The van der Waals surface area contributed by atoms with Crippen LogP contribution in [0.3, 0.4) is 0 Å². The zero-order chi connectivity index (χ0) is 29.4. The third kappa shape index (κ3) is 3.69. The number of allylic oxidation sites excluding steroid dienone is 6. The van der Waals surface area contributed by atoms with E-state index in [4.69, 9.17) is 0 Å². The van der Waals surface area contributed by atoms with Gasteiger partial charge in [0.1, 0.15) is 5.75 Å². The van der Waals surface area contributed by atoms with Crippen LogP contribution < -0.4 is 4.90 Å². The van der Waals surface area contributed by atoms with Crippen molar-refractivity contribution < 1.29 is 34.2 Å². The first-order valence-corrected chi connectivity index (χ1v) is 14.3. The fraction of sp³-hybridized carbons (Fsp3) is 0.182. The maximum atomic E-state index is 14.1. The van der Waals surface area contributed by atoms with Gasteiger partial charge in [-0.15, -0.1) is 0 Å². The van der Waals surface area contributed by atoms with E-state index in [0.717, 1.165) is 15.9 Å². The summed E-state index contributed by atoms with van der Waals surface area (Å²) in [6, 6.07) is 16.5. The van der Waals surface area contributed by atoms with Crippen molar-refractivity contribution in [2.75, 3.05) is 4.90 Å². The lowest BCUT2D eigenvalue weighted by Crippen LogP contribution is -2.39. The predicted molar refractivity (Wildman–Crippen MR) is 156 cm³/mol. The Morgan fingerprint density at radius 3 is 2.50 bits per heavy atom. The van der Waals surface area contributed by atoms with Gasteiger partial charge in [0.05, 0.1) is 27.6 Å². The summed E-state index contributed by atoms with van der Waals surface area (Å²) in [6.45, 7) is 0. The van der Waals surface area contributed by atoms with E-state index in [9.17, 15) is 34.2 Å². The maximum absolute atomic E-state index is 14.1. The topological polar surface area (TPSA) is 129 Å². The van der Waals surface area contributed by atoms with Gasteiger partial charge in [-0.1, -0.05) is 48.0 Å². The summed E-state index contributed by atoms with van der Waals surface area (Å²) in [5.41, 5.74) is 1.86. The number of hydrogen-bond acceptors (Lipinski definition) is 6. The van der Waals surface area contributed by atoms with Crippen LogP contribution in [0.5, 0.6) is 5.75 Å². The first-order chi connectivity index (χ1) is 20.2. The smallest absolute Gasteiger partial charge is 0.335 e. The molecule has 9 heteroatoms. The molecule has 0 saturated carbocycles. The second kappa shape index (κ2) is 9.46. The number of aromatic hydroxyl groups is 1. The van der Waals surface area contributed by atoms with Crippen LogP contribution in [0.4, 0.5) is 5.69 Å². The molecule has 2 N–H and O–H groups in total. The number of phenolic OH excluding ortho intramolecular Hbond substituents is 1. The van der Waals surface area contributed by atoms with Crippen molar-refractivity contribution in [2.24, 2.45) is 17.8 Å². The van der Waals surface area contributed by atoms with Crippen molar-refractivity contribution >= 4 is 61.7 Å². The second-order valence-corrected chi connectivity index (χ2v) is 11.8. The summed E-state index contributed by atoms with van der Waals surface area (Å²) in [7, 11) is 0. The highest BCUT2D eigenvalue weighted by Crippen LogP contribution is 2.57. The van der Waals surface area contributed by atoms with Crippen LogP contribution in [0.1, 0.15) is 34.7 Å². The molecule has 0 bridgehead atoms. The van der Waals surface area contributed by atoms with Gasteiger partial charge in [0.15, 0.2) is 11.6 Å². The number of imide groups is 1. The third-order valence-corrected chi connectivity index (χ3v) is 9.51. The molecular weight excluding hydrogens is 602 g/mol. The van der Waals surface area contributed by atoms with Gasteiger partial charge in [-0.05, 0) is 69.7 Å². The summed E-state index contributed by atoms with van der Waals surface area (Å²) < 4.78 is 0.118. The Balaban J connectivity index is 1.41. The van der Waals surface area contributed by atoms with Gasteiger partial charge in [-0.2, -0.15) is 0 Å². The summed E-state index contributed by atoms with van der Waals surface area (Å²) in [4.78, 5) is 67.5. The molecule has 208 valence electrons. The monoisotopic (exact) mass is 623 g/mol. The van der Waals surface area contributed by atoms with Crippen molar-refractivity contribution in [1.82, 2.24) is 0 Å². The number of aromatic carboxylic acids is 1. The Morgan fingerprint density at radius 2 is 1.71 bits per heavy atom. The Hall–Kier alpha value is -4.63. The van der Waals surface area contributed by atoms with Gasteiger partial charge in [-0.25, -0.2) is 4.79 Å². The van der Waals surface area contributed by atoms with Crippen LogP contribution in [0.25, 0.3) is 10.8 Å². The Morgan fingerprint density at radius 1 is 0.929 bits per heavy atom. The number of carboxylic acids is 1. The number of rotatable bonds is 3. The molecule has 3 aromatic carbocycles. The van der Waals surface area contributed by atoms with Crippen molar-refractivity contribution in [1.29, 1.82) is 0 Å². The first kappa shape index (κ1) is 26.3. The van der Waals surface area contributed by atoms with Crippen LogP contribution in [0.2, 0.25) is 0 Å². The Kier molecular flexibility index (Phi) is 5.92. The number of benzene rings is 3. The third-order valence-electron chi connectivity index (χ3n) is 8.92. The highest BCUT2D eigenvalue weighted by molar-refractivity contribution is 9.12. The molecular formula is C33H22BrNO7.